The highest BCUT2D eigenvalue weighted by Gasteiger charge is 2.21. The van der Waals surface area contributed by atoms with E-state index >= 15 is 0 Å². The summed E-state index contributed by atoms with van der Waals surface area (Å²) in [6, 6.07) is 1.91. The van der Waals surface area contributed by atoms with Crippen LogP contribution in [0, 0.1) is 12.8 Å². The summed E-state index contributed by atoms with van der Waals surface area (Å²) in [4.78, 5) is 0. The van der Waals surface area contributed by atoms with Gasteiger partial charge in [-0.2, -0.15) is 0 Å². The number of aromatic nitrogens is 3. The summed E-state index contributed by atoms with van der Waals surface area (Å²) in [6.07, 6.45) is 7.01. The normalized spacial score (nSPS) is 15.9. The van der Waals surface area contributed by atoms with Crippen molar-refractivity contribution in [1.29, 1.82) is 0 Å². The minimum atomic E-state index is 0.758. The number of hydrogen-bond acceptors (Lipinski definition) is 2. The zero-order valence-corrected chi connectivity index (χ0v) is 10.0. The first-order valence-electron chi connectivity index (χ1n) is 5.74. The molecule has 0 spiro atoms. The summed E-state index contributed by atoms with van der Waals surface area (Å²) >= 11 is 6.05. The third-order valence-corrected chi connectivity index (χ3v) is 3.71. The highest BCUT2D eigenvalue weighted by atomic mass is 35.5. The molecular weight excluding hydrogens is 222 g/mol. The second-order valence-corrected chi connectivity index (χ2v) is 4.99. The Balaban J connectivity index is 1.96. The zero-order valence-electron chi connectivity index (χ0n) is 9.28. The fraction of sp³-hybridized carbons (Fsp3) is 0.500. The number of nitrogens with zero attached hydrogens (tertiary/aromatic N) is 3. The maximum Gasteiger partial charge on any atom is 0.165 e. The molecule has 2 aromatic rings. The molecule has 2 heterocycles. The quantitative estimate of drug-likeness (QED) is 0.819. The van der Waals surface area contributed by atoms with E-state index in [0.29, 0.717) is 0 Å². The van der Waals surface area contributed by atoms with Crippen LogP contribution in [0.1, 0.15) is 30.7 Å². The maximum absolute atomic E-state index is 6.05. The second kappa shape index (κ2) is 3.74. The molecule has 84 valence electrons. The van der Waals surface area contributed by atoms with E-state index < -0.39 is 0 Å². The Morgan fingerprint density at radius 1 is 1.44 bits per heavy atom. The van der Waals surface area contributed by atoms with Crippen LogP contribution in [-0.4, -0.2) is 14.6 Å². The lowest BCUT2D eigenvalue weighted by Crippen LogP contribution is -1.96. The fourth-order valence-electron chi connectivity index (χ4n) is 2.02. The largest absolute Gasteiger partial charge is 0.286 e. The summed E-state index contributed by atoms with van der Waals surface area (Å²) in [7, 11) is 0. The Bertz CT molecular complexity index is 528. The molecule has 0 aromatic carbocycles. The van der Waals surface area contributed by atoms with E-state index in [-0.39, 0.29) is 0 Å². The molecule has 1 fully saturated rings. The second-order valence-electron chi connectivity index (χ2n) is 4.58. The standard InChI is InChI=1S/C12H14ClN3/c1-8-10(13)6-7-16-11(14-15-12(8)16)5-4-9-2-3-9/h6-7,9H,2-5H2,1H3. The molecule has 1 aliphatic rings. The molecule has 0 bridgehead atoms. The van der Waals surface area contributed by atoms with Crippen molar-refractivity contribution in [3.8, 4) is 0 Å². The molecule has 0 amide bonds. The minimum Gasteiger partial charge on any atom is -0.286 e. The molecule has 0 unspecified atom stereocenters. The first-order chi connectivity index (χ1) is 7.75. The van der Waals surface area contributed by atoms with Gasteiger partial charge in [-0.05, 0) is 25.3 Å². The van der Waals surface area contributed by atoms with Gasteiger partial charge in [0.05, 0.1) is 0 Å². The van der Waals surface area contributed by atoms with Crippen molar-refractivity contribution in [3.05, 3.63) is 28.7 Å². The van der Waals surface area contributed by atoms with E-state index in [1.165, 1.54) is 19.3 Å². The van der Waals surface area contributed by atoms with Gasteiger partial charge in [-0.15, -0.1) is 10.2 Å². The lowest BCUT2D eigenvalue weighted by atomic mass is 10.2. The lowest BCUT2D eigenvalue weighted by molar-refractivity contribution is 0.691. The van der Waals surface area contributed by atoms with Crippen LogP contribution >= 0.6 is 11.6 Å². The highest BCUT2D eigenvalue weighted by Crippen LogP contribution is 2.33. The Morgan fingerprint density at radius 3 is 3.00 bits per heavy atom. The topological polar surface area (TPSA) is 30.2 Å². The predicted octanol–water partition coefficient (Wildman–Crippen LogP) is 3.03. The third kappa shape index (κ3) is 1.69. The van der Waals surface area contributed by atoms with Crippen LogP contribution in [0.3, 0.4) is 0 Å². The first kappa shape index (κ1) is 10.1. The van der Waals surface area contributed by atoms with E-state index in [9.17, 15) is 0 Å². The molecule has 0 radical (unpaired) electrons. The van der Waals surface area contributed by atoms with Crippen molar-refractivity contribution in [3.63, 3.8) is 0 Å². The molecule has 2 aromatic heterocycles. The van der Waals surface area contributed by atoms with Crippen LogP contribution in [0.4, 0.5) is 0 Å². The summed E-state index contributed by atoms with van der Waals surface area (Å²) in [6.45, 7) is 1.98. The van der Waals surface area contributed by atoms with Crippen molar-refractivity contribution >= 4 is 17.2 Å². The molecule has 16 heavy (non-hydrogen) atoms. The van der Waals surface area contributed by atoms with Crippen molar-refractivity contribution in [2.75, 3.05) is 0 Å². The van der Waals surface area contributed by atoms with Gasteiger partial charge < -0.3 is 0 Å². The Hall–Kier alpha value is -1.09. The number of aryl methyl sites for hydroxylation is 2. The van der Waals surface area contributed by atoms with Gasteiger partial charge in [0, 0.05) is 23.2 Å². The number of hydrogen-bond donors (Lipinski definition) is 0. The van der Waals surface area contributed by atoms with E-state index in [0.717, 1.165) is 34.4 Å². The van der Waals surface area contributed by atoms with Gasteiger partial charge in [-0.3, -0.25) is 4.40 Å². The molecule has 0 saturated heterocycles. The summed E-state index contributed by atoms with van der Waals surface area (Å²) in [5.41, 5.74) is 1.90. The predicted molar refractivity (Wildman–Crippen MR) is 63.8 cm³/mol. The van der Waals surface area contributed by atoms with E-state index in [1.807, 2.05) is 19.2 Å². The van der Waals surface area contributed by atoms with Crippen molar-refractivity contribution in [1.82, 2.24) is 14.6 Å². The Labute approximate surface area is 99.4 Å². The number of fused-ring (bicyclic) bond motifs is 1. The SMILES string of the molecule is Cc1c(Cl)ccn2c(CCC3CC3)nnc12. The third-order valence-electron chi connectivity index (χ3n) is 3.30. The van der Waals surface area contributed by atoms with Gasteiger partial charge >= 0.3 is 0 Å². The fourth-order valence-corrected chi connectivity index (χ4v) is 2.16. The van der Waals surface area contributed by atoms with Crippen molar-refractivity contribution in [2.24, 2.45) is 5.92 Å². The molecule has 1 aliphatic carbocycles. The van der Waals surface area contributed by atoms with Gasteiger partial charge in [-0.25, -0.2) is 0 Å². The number of rotatable bonds is 3. The molecule has 3 rings (SSSR count). The molecule has 1 saturated carbocycles. The number of halogens is 1. The molecule has 4 heteroatoms. The molecule has 3 nitrogen and oxygen atoms in total. The van der Waals surface area contributed by atoms with E-state index in [4.69, 9.17) is 11.6 Å². The first-order valence-corrected chi connectivity index (χ1v) is 6.12. The average Bonchev–Trinajstić information content (AvgIpc) is 3.01. The van der Waals surface area contributed by atoms with E-state index in [2.05, 4.69) is 14.6 Å². The van der Waals surface area contributed by atoms with Crippen molar-refractivity contribution in [2.45, 2.75) is 32.6 Å². The van der Waals surface area contributed by atoms with Gasteiger partial charge in [-0.1, -0.05) is 24.4 Å². The summed E-state index contributed by atoms with van der Waals surface area (Å²) < 4.78 is 2.06. The van der Waals surface area contributed by atoms with Crippen LogP contribution < -0.4 is 0 Å². The monoisotopic (exact) mass is 235 g/mol. The lowest BCUT2D eigenvalue weighted by Gasteiger charge is -2.02. The maximum atomic E-state index is 6.05. The highest BCUT2D eigenvalue weighted by molar-refractivity contribution is 6.31. The molecule has 0 aliphatic heterocycles. The Kier molecular flexibility index (Phi) is 2.36. The van der Waals surface area contributed by atoms with Crippen LogP contribution in [0.2, 0.25) is 5.02 Å². The van der Waals surface area contributed by atoms with Crippen LogP contribution in [0.15, 0.2) is 12.3 Å². The van der Waals surface area contributed by atoms with Crippen molar-refractivity contribution < 1.29 is 0 Å². The van der Waals surface area contributed by atoms with Gasteiger partial charge in [0.15, 0.2) is 5.65 Å². The molecular formula is C12H14ClN3. The summed E-state index contributed by atoms with van der Waals surface area (Å²) in [5, 5.41) is 9.22. The number of pyridine rings is 1. The smallest absolute Gasteiger partial charge is 0.165 e. The zero-order chi connectivity index (χ0) is 11.1. The average molecular weight is 236 g/mol. The van der Waals surface area contributed by atoms with Gasteiger partial charge in [0.25, 0.3) is 0 Å². The Morgan fingerprint density at radius 2 is 2.25 bits per heavy atom. The van der Waals surface area contributed by atoms with Crippen LogP contribution in [-0.2, 0) is 6.42 Å². The molecule has 0 atom stereocenters. The van der Waals surface area contributed by atoms with Gasteiger partial charge in [0.1, 0.15) is 5.82 Å². The summed E-state index contributed by atoms with van der Waals surface area (Å²) in [5.74, 6) is 1.99. The van der Waals surface area contributed by atoms with Crippen LogP contribution in [0.5, 0.6) is 0 Å². The minimum absolute atomic E-state index is 0.758. The van der Waals surface area contributed by atoms with Crippen LogP contribution in [0.25, 0.3) is 5.65 Å². The molecule has 0 N–H and O–H groups in total. The van der Waals surface area contributed by atoms with E-state index in [1.54, 1.807) is 0 Å². The van der Waals surface area contributed by atoms with Gasteiger partial charge in [0.2, 0.25) is 0 Å².